The number of carbonyl (C=O) groups excluding carboxylic acids is 3. The molecule has 0 atom stereocenters. The van der Waals surface area contributed by atoms with Crippen LogP contribution in [0.15, 0.2) is 29.6 Å². The summed E-state index contributed by atoms with van der Waals surface area (Å²) in [6, 6.07) is 6.74. The molecule has 2 aromatic rings. The van der Waals surface area contributed by atoms with Crippen molar-refractivity contribution in [2.24, 2.45) is 0 Å². The molecule has 26 heavy (non-hydrogen) atoms. The number of benzene rings is 1. The van der Waals surface area contributed by atoms with E-state index in [9.17, 15) is 19.5 Å². The molecule has 1 aromatic carbocycles. The van der Waals surface area contributed by atoms with E-state index in [1.165, 1.54) is 16.2 Å². The number of aliphatic carboxylic acids is 1. The number of anilines is 2. The summed E-state index contributed by atoms with van der Waals surface area (Å²) < 4.78 is 0. The Balaban J connectivity index is 1.96. The first-order valence-electron chi connectivity index (χ1n) is 7.89. The maximum Gasteiger partial charge on any atom is 0.230 e. The molecule has 0 aliphatic heterocycles. The summed E-state index contributed by atoms with van der Waals surface area (Å²) in [5.41, 5.74) is 1.16. The molecule has 7 nitrogen and oxygen atoms in total. The second kappa shape index (κ2) is 9.30. The molecule has 0 spiro atoms. The molecule has 0 aliphatic rings. The Labute approximate surface area is 159 Å². The van der Waals surface area contributed by atoms with E-state index in [4.69, 9.17) is 11.6 Å². The van der Waals surface area contributed by atoms with Crippen LogP contribution >= 0.6 is 22.9 Å². The second-order valence-corrected chi connectivity index (χ2v) is 6.64. The number of nitrogens with zero attached hydrogens (tertiary/aromatic N) is 2. The number of carboxylic acid groups (broad SMARTS) is 1. The minimum atomic E-state index is -1.27. The van der Waals surface area contributed by atoms with Crippen LogP contribution < -0.4 is 15.3 Å². The number of rotatable bonds is 8. The lowest BCUT2D eigenvalue weighted by molar-refractivity contribution is -0.305. The highest BCUT2D eigenvalue weighted by molar-refractivity contribution is 7.14. The molecule has 2 rings (SSSR count). The van der Waals surface area contributed by atoms with Gasteiger partial charge < -0.3 is 15.2 Å². The van der Waals surface area contributed by atoms with Crippen molar-refractivity contribution in [3.05, 3.63) is 40.4 Å². The van der Waals surface area contributed by atoms with Crippen LogP contribution in [-0.4, -0.2) is 29.3 Å². The zero-order chi connectivity index (χ0) is 19.1. The number of amides is 2. The van der Waals surface area contributed by atoms with Crippen molar-refractivity contribution in [1.82, 2.24) is 4.98 Å². The lowest BCUT2D eigenvalue weighted by Gasteiger charge is -2.17. The highest BCUT2D eigenvalue weighted by atomic mass is 35.5. The van der Waals surface area contributed by atoms with Crippen LogP contribution in [0, 0.1) is 0 Å². The van der Waals surface area contributed by atoms with E-state index in [2.05, 4.69) is 10.3 Å². The zero-order valence-electron chi connectivity index (χ0n) is 14.0. The fraction of sp³-hybridized carbons (Fsp3) is 0.294. The third-order valence-electron chi connectivity index (χ3n) is 3.40. The van der Waals surface area contributed by atoms with Crippen LogP contribution in [-0.2, 0) is 20.8 Å². The molecule has 9 heteroatoms. The largest absolute Gasteiger partial charge is 0.550 e. The van der Waals surface area contributed by atoms with Gasteiger partial charge in [-0.25, -0.2) is 4.98 Å². The average Bonchev–Trinajstić information content (AvgIpc) is 3.03. The molecule has 0 radical (unpaired) electrons. The van der Waals surface area contributed by atoms with Crippen molar-refractivity contribution in [3.63, 3.8) is 0 Å². The molecule has 1 N–H and O–H groups in total. The topological polar surface area (TPSA) is 102 Å². The number of nitrogens with one attached hydrogen (secondary N) is 1. The van der Waals surface area contributed by atoms with Crippen LogP contribution in [0.5, 0.6) is 0 Å². The van der Waals surface area contributed by atoms with Gasteiger partial charge in [-0.3, -0.25) is 14.5 Å². The van der Waals surface area contributed by atoms with Gasteiger partial charge >= 0.3 is 0 Å². The van der Waals surface area contributed by atoms with Gasteiger partial charge in [0.2, 0.25) is 11.8 Å². The summed E-state index contributed by atoms with van der Waals surface area (Å²) in [5, 5.41) is 16.0. The van der Waals surface area contributed by atoms with Crippen LogP contribution in [0.1, 0.15) is 25.5 Å². The molecule has 0 bridgehead atoms. The first kappa shape index (κ1) is 19.9. The zero-order valence-corrected chi connectivity index (χ0v) is 15.6. The first-order chi connectivity index (χ1) is 12.4. The van der Waals surface area contributed by atoms with Crippen LogP contribution in [0.4, 0.5) is 10.8 Å². The number of carbonyl (C=O) groups is 3. The molecule has 0 fully saturated rings. The first-order valence-corrected chi connectivity index (χ1v) is 9.14. The third kappa shape index (κ3) is 5.82. The molecule has 138 valence electrons. The predicted octanol–water partition coefficient (Wildman–Crippen LogP) is 1.86. The van der Waals surface area contributed by atoms with Crippen molar-refractivity contribution in [2.75, 3.05) is 16.8 Å². The van der Waals surface area contributed by atoms with Crippen LogP contribution in [0.2, 0.25) is 5.02 Å². The van der Waals surface area contributed by atoms with Crippen LogP contribution in [0.3, 0.4) is 0 Å². The van der Waals surface area contributed by atoms with Gasteiger partial charge in [-0.05, 0) is 37.6 Å². The van der Waals surface area contributed by atoms with Gasteiger partial charge in [-0.2, -0.15) is 0 Å². The molecule has 0 saturated carbocycles. The maximum absolute atomic E-state index is 12.1. The molecule has 0 saturated heterocycles. The minimum absolute atomic E-state index is 0.0594. The molecule has 0 aliphatic carbocycles. The van der Waals surface area contributed by atoms with E-state index in [0.717, 1.165) is 0 Å². The van der Waals surface area contributed by atoms with Crippen molar-refractivity contribution in [2.45, 2.75) is 26.2 Å². The molecular weight excluding hydrogens is 378 g/mol. The normalized spacial score (nSPS) is 10.4. The minimum Gasteiger partial charge on any atom is -0.550 e. The summed E-state index contributed by atoms with van der Waals surface area (Å²) >= 11 is 7.03. The number of aromatic nitrogens is 1. The Morgan fingerprint density at radius 1 is 1.23 bits per heavy atom. The molecule has 2 amide bonds. The Hall–Kier alpha value is -2.45. The summed E-state index contributed by atoms with van der Waals surface area (Å²) in [5.74, 6) is -1.85. The lowest BCUT2D eigenvalue weighted by atomic mass is 10.3. The van der Waals surface area contributed by atoms with Gasteiger partial charge in [-0.1, -0.05) is 11.6 Å². The fourth-order valence-electron chi connectivity index (χ4n) is 2.17. The van der Waals surface area contributed by atoms with Crippen LogP contribution in [0.25, 0.3) is 0 Å². The fourth-order valence-corrected chi connectivity index (χ4v) is 3.20. The molecular formula is C17H17ClN3O4S-. The number of thiazole rings is 1. The van der Waals surface area contributed by atoms with E-state index in [1.807, 2.05) is 0 Å². The van der Waals surface area contributed by atoms with E-state index in [1.54, 1.807) is 36.6 Å². The van der Waals surface area contributed by atoms with Crippen molar-refractivity contribution < 1.29 is 19.5 Å². The predicted molar refractivity (Wildman–Crippen MR) is 98.2 cm³/mol. The Morgan fingerprint density at radius 3 is 2.54 bits per heavy atom. The Morgan fingerprint density at radius 2 is 1.92 bits per heavy atom. The highest BCUT2D eigenvalue weighted by Crippen LogP contribution is 2.22. The molecule has 1 heterocycles. The summed E-state index contributed by atoms with van der Waals surface area (Å²) in [6.07, 6.45) is -0.427. The van der Waals surface area contributed by atoms with Gasteiger partial charge in [0.15, 0.2) is 5.13 Å². The molecule has 1 aromatic heterocycles. The van der Waals surface area contributed by atoms with E-state index in [-0.39, 0.29) is 31.1 Å². The number of hydrogen-bond acceptors (Lipinski definition) is 6. The maximum atomic E-state index is 12.1. The molecule has 0 unspecified atom stereocenters. The lowest BCUT2D eigenvalue weighted by Crippen LogP contribution is -2.32. The van der Waals surface area contributed by atoms with Gasteiger partial charge in [0, 0.05) is 35.0 Å². The average molecular weight is 395 g/mol. The van der Waals surface area contributed by atoms with E-state index in [0.29, 0.717) is 28.1 Å². The van der Waals surface area contributed by atoms with Gasteiger partial charge in [0.25, 0.3) is 0 Å². The van der Waals surface area contributed by atoms with E-state index >= 15 is 0 Å². The second-order valence-electron chi connectivity index (χ2n) is 5.36. The van der Waals surface area contributed by atoms with Gasteiger partial charge in [-0.15, -0.1) is 11.3 Å². The number of halogens is 1. The monoisotopic (exact) mass is 394 g/mol. The SMILES string of the molecule is CCN(C(=O)CCC(=O)[O-])c1nc(CC(=O)Nc2ccc(Cl)cc2)cs1. The van der Waals surface area contributed by atoms with Gasteiger partial charge in [0.1, 0.15) is 0 Å². The van der Waals surface area contributed by atoms with Crippen molar-refractivity contribution >= 4 is 51.5 Å². The van der Waals surface area contributed by atoms with Crippen molar-refractivity contribution in [1.29, 1.82) is 0 Å². The summed E-state index contributed by atoms with van der Waals surface area (Å²) in [7, 11) is 0. The Bertz CT molecular complexity index is 792. The summed E-state index contributed by atoms with van der Waals surface area (Å²) in [4.78, 5) is 40.4. The number of carboxylic acids is 1. The van der Waals surface area contributed by atoms with E-state index < -0.39 is 5.97 Å². The third-order valence-corrected chi connectivity index (χ3v) is 4.56. The highest BCUT2D eigenvalue weighted by Gasteiger charge is 2.18. The standard InChI is InChI=1S/C17H18ClN3O4S/c1-2-21(15(23)7-8-16(24)25)17-20-13(10-26-17)9-14(22)19-12-5-3-11(18)4-6-12/h3-6,10H,2,7-9H2,1H3,(H,19,22)(H,24,25)/p-1. The summed E-state index contributed by atoms with van der Waals surface area (Å²) in [6.45, 7) is 2.13. The smallest absolute Gasteiger partial charge is 0.230 e. The Kier molecular flexibility index (Phi) is 7.11. The number of hydrogen-bond donors (Lipinski definition) is 1. The van der Waals surface area contributed by atoms with Crippen molar-refractivity contribution in [3.8, 4) is 0 Å². The quantitative estimate of drug-likeness (QED) is 0.736. The van der Waals surface area contributed by atoms with Gasteiger partial charge in [0.05, 0.1) is 12.1 Å².